The largest absolute Gasteiger partial charge is 0.505 e. The highest BCUT2D eigenvalue weighted by Gasteiger charge is 2.22. The summed E-state index contributed by atoms with van der Waals surface area (Å²) in [5, 5.41) is 84.0. The standard InChI is InChI=1S/C37H34N8O16S3/c1-20-34(42-38-22-3-7-25(8-4-22)63(51,52)53)37(49)45(44-20)23-5-9-26-21(15-23)16-32(62-61-60-50)35(36(26)48)43-41-29-19-30(58-13-11-46)28(18-31(29)59-14-12-47)40-39-27-10-6-24(57-2)17-33(27)64(54,55)56/h3-10,15-19,46-50H,11-14H2,1-2H3,(H,51,52,53)(H,54,55,56). The molecule has 27 heteroatoms. The Morgan fingerprint density at radius 2 is 1.34 bits per heavy atom. The van der Waals surface area contributed by atoms with E-state index in [1.165, 1.54) is 67.8 Å². The number of aliphatic hydroxyl groups excluding tert-OH is 2. The van der Waals surface area contributed by atoms with Crippen molar-refractivity contribution in [1.82, 2.24) is 9.78 Å². The number of hydrogen-bond donors (Lipinski definition) is 7. The van der Waals surface area contributed by atoms with Gasteiger partial charge in [0.2, 0.25) is 5.88 Å². The summed E-state index contributed by atoms with van der Waals surface area (Å²) in [5.41, 5.74) is 0.107. The molecule has 336 valence electrons. The lowest BCUT2D eigenvalue weighted by Gasteiger charge is -2.13. The molecule has 6 aromatic rings. The zero-order chi connectivity index (χ0) is 46.2. The highest BCUT2D eigenvalue weighted by Crippen LogP contribution is 2.47. The summed E-state index contributed by atoms with van der Waals surface area (Å²) < 4.78 is 88.1. The van der Waals surface area contributed by atoms with Gasteiger partial charge in [0, 0.05) is 23.6 Å². The summed E-state index contributed by atoms with van der Waals surface area (Å²) in [6.07, 6.45) is 0. The van der Waals surface area contributed by atoms with Crippen LogP contribution in [0.15, 0.2) is 124 Å². The number of aromatic hydroxyl groups is 2. The van der Waals surface area contributed by atoms with Gasteiger partial charge in [-0.15, -0.1) is 29.9 Å². The molecule has 0 aliphatic rings. The normalized spacial score (nSPS) is 12.3. The third-order valence-electron chi connectivity index (χ3n) is 8.54. The first-order valence-electron chi connectivity index (χ1n) is 17.9. The molecule has 64 heavy (non-hydrogen) atoms. The zero-order valence-corrected chi connectivity index (χ0v) is 35.4. The molecule has 0 unspecified atom stereocenters. The molecule has 7 N–H and O–H groups in total. The quantitative estimate of drug-likeness (QED) is 0.0135. The first-order valence-corrected chi connectivity index (χ1v) is 21.6. The van der Waals surface area contributed by atoms with E-state index in [9.17, 15) is 46.4 Å². The second-order valence-electron chi connectivity index (χ2n) is 12.7. The van der Waals surface area contributed by atoms with Crippen molar-refractivity contribution in [2.45, 2.75) is 21.6 Å². The van der Waals surface area contributed by atoms with Gasteiger partial charge in [-0.25, -0.2) is 5.26 Å². The summed E-state index contributed by atoms with van der Waals surface area (Å²) in [7, 11) is -7.90. The third kappa shape index (κ3) is 10.9. The van der Waals surface area contributed by atoms with E-state index in [0.29, 0.717) is 17.4 Å². The fourth-order valence-electron chi connectivity index (χ4n) is 5.64. The Bertz CT molecular complexity index is 3000. The number of aryl methyl sites for hydroxylation is 1. The van der Waals surface area contributed by atoms with E-state index in [-0.39, 0.29) is 91.1 Å². The third-order valence-corrected chi connectivity index (χ3v) is 10.9. The summed E-state index contributed by atoms with van der Waals surface area (Å²) >= 11 is 0.428. The number of hydrogen-bond acceptors (Lipinski definition) is 22. The van der Waals surface area contributed by atoms with Crippen molar-refractivity contribution in [1.29, 1.82) is 0 Å². The van der Waals surface area contributed by atoms with Gasteiger partial charge >= 0.3 is 0 Å². The van der Waals surface area contributed by atoms with Crippen LogP contribution in [0.1, 0.15) is 5.69 Å². The first kappa shape index (κ1) is 46.8. The Morgan fingerprint density at radius 1 is 0.719 bits per heavy atom. The number of aromatic nitrogens is 2. The Hall–Kier alpha value is -6.66. The van der Waals surface area contributed by atoms with Gasteiger partial charge < -0.3 is 34.6 Å². The average molecular weight is 943 g/mol. The lowest BCUT2D eigenvalue weighted by Crippen LogP contribution is -2.04. The van der Waals surface area contributed by atoms with Crippen LogP contribution in [0.3, 0.4) is 0 Å². The smallest absolute Gasteiger partial charge is 0.296 e. The summed E-state index contributed by atoms with van der Waals surface area (Å²) in [6, 6.07) is 17.1. The molecule has 0 spiro atoms. The lowest BCUT2D eigenvalue weighted by molar-refractivity contribution is -0.432. The minimum absolute atomic E-state index is 0.0193. The van der Waals surface area contributed by atoms with Crippen LogP contribution in [0.4, 0.5) is 34.1 Å². The summed E-state index contributed by atoms with van der Waals surface area (Å²) in [5.74, 6) is -0.884. The Morgan fingerprint density at radius 3 is 1.94 bits per heavy atom. The topological polar surface area (TPSA) is 348 Å². The number of rotatable bonds is 19. The van der Waals surface area contributed by atoms with Gasteiger partial charge in [-0.3, -0.25) is 9.11 Å². The molecule has 0 aliphatic carbocycles. The average Bonchev–Trinajstić information content (AvgIpc) is 3.56. The molecule has 0 saturated heterocycles. The van der Waals surface area contributed by atoms with Crippen LogP contribution < -0.4 is 14.2 Å². The molecule has 1 aromatic heterocycles. The number of nitrogens with zero attached hydrogens (tertiary/aromatic N) is 8. The van der Waals surface area contributed by atoms with Crippen molar-refractivity contribution < 1.29 is 75.2 Å². The Balaban J connectivity index is 1.38. The fraction of sp³-hybridized carbons (Fsp3) is 0.162. The predicted molar refractivity (Wildman–Crippen MR) is 223 cm³/mol. The molecule has 0 saturated carbocycles. The number of aliphatic hydroxyl groups is 2. The molecule has 0 radical (unpaired) electrons. The Labute approximate surface area is 365 Å². The first-order chi connectivity index (χ1) is 30.6. The van der Waals surface area contributed by atoms with Gasteiger partial charge in [-0.2, -0.15) is 31.7 Å². The molecular weight excluding hydrogens is 909 g/mol. The number of ether oxygens (including phenoxy) is 3. The summed E-state index contributed by atoms with van der Waals surface area (Å²) in [4.78, 5) is -0.920. The van der Waals surface area contributed by atoms with Gasteiger partial charge in [-0.1, -0.05) is 5.04 Å². The maximum absolute atomic E-state index is 12.1. The van der Waals surface area contributed by atoms with E-state index in [4.69, 9.17) is 19.5 Å². The molecule has 5 aromatic carbocycles. The van der Waals surface area contributed by atoms with Crippen molar-refractivity contribution in [3.05, 3.63) is 84.6 Å². The van der Waals surface area contributed by atoms with E-state index in [1.54, 1.807) is 6.92 Å². The zero-order valence-electron chi connectivity index (χ0n) is 32.9. The maximum atomic E-state index is 12.1. The molecule has 6 rings (SSSR count). The predicted octanol–water partition coefficient (Wildman–Crippen LogP) is 7.66. The van der Waals surface area contributed by atoms with Gasteiger partial charge in [0.25, 0.3) is 20.2 Å². The minimum Gasteiger partial charge on any atom is -0.505 e. The second kappa shape index (κ2) is 20.2. The molecule has 1 heterocycles. The highest BCUT2D eigenvalue weighted by molar-refractivity contribution is 7.94. The van der Waals surface area contributed by atoms with Crippen molar-refractivity contribution in [3.8, 4) is 34.6 Å². The van der Waals surface area contributed by atoms with Crippen molar-refractivity contribution in [2.75, 3.05) is 33.5 Å². The number of phenolic OH excluding ortho intramolecular Hbond substituents is 1. The van der Waals surface area contributed by atoms with E-state index < -0.39 is 50.0 Å². The summed E-state index contributed by atoms with van der Waals surface area (Å²) in [6.45, 7) is 0.175. The molecule has 0 aliphatic heterocycles. The number of benzene rings is 5. The van der Waals surface area contributed by atoms with Gasteiger partial charge in [-0.05, 0) is 73.0 Å². The fourth-order valence-corrected chi connectivity index (χ4v) is 7.25. The van der Waals surface area contributed by atoms with Gasteiger partial charge in [0.15, 0.2) is 11.4 Å². The van der Waals surface area contributed by atoms with Crippen LogP contribution in [-0.2, 0) is 29.6 Å². The van der Waals surface area contributed by atoms with E-state index in [2.05, 4.69) is 45.2 Å². The Kier molecular flexibility index (Phi) is 14.8. The number of phenols is 1. The maximum Gasteiger partial charge on any atom is 0.296 e. The molecule has 0 amide bonds. The van der Waals surface area contributed by atoms with E-state index in [1.807, 2.05) is 0 Å². The van der Waals surface area contributed by atoms with Crippen LogP contribution in [0.2, 0.25) is 0 Å². The van der Waals surface area contributed by atoms with Crippen LogP contribution in [0.5, 0.6) is 28.9 Å². The van der Waals surface area contributed by atoms with Crippen molar-refractivity contribution in [3.63, 3.8) is 0 Å². The monoisotopic (exact) mass is 942 g/mol. The number of fused-ring (bicyclic) bond motifs is 1. The van der Waals surface area contributed by atoms with Crippen LogP contribution in [0, 0.1) is 6.92 Å². The highest BCUT2D eigenvalue weighted by atomic mass is 32.2. The van der Waals surface area contributed by atoms with Crippen molar-refractivity contribution in [2.24, 2.45) is 30.7 Å². The molecular formula is C37H34N8O16S3. The molecule has 0 fully saturated rings. The van der Waals surface area contributed by atoms with Crippen LogP contribution in [-0.4, -0.2) is 94.9 Å². The van der Waals surface area contributed by atoms with Crippen LogP contribution >= 0.6 is 12.0 Å². The number of azo groups is 3. The van der Waals surface area contributed by atoms with Crippen molar-refractivity contribution >= 4 is 77.2 Å². The SMILES string of the molecule is COc1ccc(N=Nc2cc(OCCO)c(N=Nc3c(SOOO)cc4cc(-n5nc(C)c(N=Nc6ccc(S(=O)(=O)O)cc6)c5O)ccc4c3O)cc2OCCO)c(S(=O)(=O)O)c1. The van der Waals surface area contributed by atoms with E-state index >= 15 is 0 Å². The van der Waals surface area contributed by atoms with E-state index in [0.717, 1.165) is 22.9 Å². The number of methoxy groups -OCH3 is 1. The van der Waals surface area contributed by atoms with Crippen LogP contribution in [0.25, 0.3) is 16.5 Å². The second-order valence-corrected chi connectivity index (χ2v) is 16.2. The van der Waals surface area contributed by atoms with Gasteiger partial charge in [0.05, 0.1) is 59.2 Å². The van der Waals surface area contributed by atoms with Gasteiger partial charge in [0.1, 0.15) is 58.1 Å². The lowest BCUT2D eigenvalue weighted by atomic mass is 10.1. The molecule has 0 atom stereocenters. The molecule has 0 bridgehead atoms. The minimum atomic E-state index is -4.78. The molecule has 24 nitrogen and oxygen atoms in total.